The second kappa shape index (κ2) is 6.74. The van der Waals surface area contributed by atoms with Crippen molar-refractivity contribution in [2.24, 2.45) is 5.73 Å². The minimum absolute atomic E-state index is 0.0219. The number of carbonyl (C=O) groups is 1. The first-order valence-electron chi connectivity index (χ1n) is 6.47. The van der Waals surface area contributed by atoms with Gasteiger partial charge in [-0.1, -0.05) is 11.6 Å². The lowest BCUT2D eigenvalue weighted by Crippen LogP contribution is -2.34. The number of benzene rings is 1. The Morgan fingerprint density at radius 2 is 2.19 bits per heavy atom. The Kier molecular flexibility index (Phi) is 4.98. The van der Waals surface area contributed by atoms with Crippen LogP contribution in [0.3, 0.4) is 0 Å². The van der Waals surface area contributed by atoms with Crippen molar-refractivity contribution in [3.63, 3.8) is 0 Å². The third-order valence-electron chi connectivity index (χ3n) is 2.88. The molecule has 0 saturated carbocycles. The van der Waals surface area contributed by atoms with Crippen molar-refractivity contribution in [1.29, 1.82) is 0 Å². The maximum atomic E-state index is 13.1. The molecule has 2 N–H and O–H groups in total. The van der Waals surface area contributed by atoms with Gasteiger partial charge < -0.3 is 14.9 Å². The summed E-state index contributed by atoms with van der Waals surface area (Å²) in [6.07, 6.45) is 0.230. The molecular formula is C15H15ClFNO3. The highest BCUT2D eigenvalue weighted by Crippen LogP contribution is 2.26. The van der Waals surface area contributed by atoms with Crippen LogP contribution in [0.5, 0.6) is 0 Å². The van der Waals surface area contributed by atoms with Gasteiger partial charge in [0.25, 0.3) is 0 Å². The summed E-state index contributed by atoms with van der Waals surface area (Å²) < 4.78 is 23.5. The Labute approximate surface area is 126 Å². The van der Waals surface area contributed by atoms with E-state index in [1.165, 1.54) is 12.1 Å². The van der Waals surface area contributed by atoms with E-state index in [2.05, 4.69) is 0 Å². The topological polar surface area (TPSA) is 65.5 Å². The number of halogens is 2. The Morgan fingerprint density at radius 1 is 1.43 bits per heavy atom. The first-order chi connectivity index (χ1) is 10.0. The molecule has 0 bridgehead atoms. The summed E-state index contributed by atoms with van der Waals surface area (Å²) in [6.45, 7) is 2.00. The largest absolute Gasteiger partial charge is 0.465 e. The first-order valence-corrected chi connectivity index (χ1v) is 6.85. The molecule has 0 aliphatic rings. The predicted octanol–water partition coefficient (Wildman–Crippen LogP) is 3.17. The lowest BCUT2D eigenvalue weighted by Gasteiger charge is -2.08. The van der Waals surface area contributed by atoms with Gasteiger partial charge in [0.2, 0.25) is 0 Å². The fraction of sp³-hybridized carbons (Fsp3) is 0.267. The van der Waals surface area contributed by atoms with Crippen molar-refractivity contribution in [2.45, 2.75) is 19.4 Å². The molecule has 1 unspecified atom stereocenters. The zero-order chi connectivity index (χ0) is 15.4. The second-order valence-electron chi connectivity index (χ2n) is 4.46. The quantitative estimate of drug-likeness (QED) is 0.861. The molecule has 6 heteroatoms. The monoisotopic (exact) mass is 311 g/mol. The third-order valence-corrected chi connectivity index (χ3v) is 3.17. The molecule has 112 valence electrons. The van der Waals surface area contributed by atoms with E-state index >= 15 is 0 Å². The summed E-state index contributed by atoms with van der Waals surface area (Å²) in [7, 11) is 0. The molecule has 21 heavy (non-hydrogen) atoms. The normalized spacial score (nSPS) is 12.2. The molecule has 1 heterocycles. The number of hydrogen-bond donors (Lipinski definition) is 1. The molecule has 4 nitrogen and oxygen atoms in total. The maximum Gasteiger partial charge on any atom is 0.323 e. The van der Waals surface area contributed by atoms with Crippen molar-refractivity contribution < 1.29 is 18.3 Å². The van der Waals surface area contributed by atoms with Gasteiger partial charge in [-0.3, -0.25) is 4.79 Å². The minimum Gasteiger partial charge on any atom is -0.465 e. The van der Waals surface area contributed by atoms with Gasteiger partial charge in [0.15, 0.2) is 0 Å². The summed E-state index contributed by atoms with van der Waals surface area (Å²) in [5.41, 5.74) is 6.37. The van der Waals surface area contributed by atoms with Gasteiger partial charge in [-0.15, -0.1) is 0 Å². The van der Waals surface area contributed by atoms with Gasteiger partial charge in [-0.05, 0) is 37.3 Å². The number of ether oxygens (including phenoxy) is 1. The highest BCUT2D eigenvalue weighted by atomic mass is 35.5. The highest BCUT2D eigenvalue weighted by molar-refractivity contribution is 6.31. The van der Waals surface area contributed by atoms with Gasteiger partial charge in [0.1, 0.15) is 23.4 Å². The van der Waals surface area contributed by atoms with Crippen LogP contribution in [0.25, 0.3) is 11.3 Å². The Hall–Kier alpha value is -1.85. The summed E-state index contributed by atoms with van der Waals surface area (Å²) in [4.78, 5) is 11.5. The Morgan fingerprint density at radius 3 is 2.86 bits per heavy atom. The lowest BCUT2D eigenvalue weighted by molar-refractivity contribution is -0.144. The van der Waals surface area contributed by atoms with Gasteiger partial charge in [0, 0.05) is 12.0 Å². The van der Waals surface area contributed by atoms with E-state index in [0.29, 0.717) is 17.1 Å². The number of furan rings is 1. The highest BCUT2D eigenvalue weighted by Gasteiger charge is 2.17. The van der Waals surface area contributed by atoms with Crippen LogP contribution in [0.4, 0.5) is 4.39 Å². The number of rotatable bonds is 5. The van der Waals surface area contributed by atoms with Crippen LogP contribution in [-0.2, 0) is 16.0 Å². The van der Waals surface area contributed by atoms with Crippen molar-refractivity contribution in [1.82, 2.24) is 0 Å². The van der Waals surface area contributed by atoms with Crippen molar-refractivity contribution in [2.75, 3.05) is 6.61 Å². The summed E-state index contributed by atoms with van der Waals surface area (Å²) in [5, 5.41) is 0.0219. The van der Waals surface area contributed by atoms with E-state index in [9.17, 15) is 9.18 Å². The molecule has 1 atom stereocenters. The number of esters is 1. The summed E-state index contributed by atoms with van der Waals surface area (Å²) in [5.74, 6) is 0.116. The molecule has 0 aliphatic carbocycles. The van der Waals surface area contributed by atoms with Gasteiger partial charge in [-0.2, -0.15) is 0 Å². The standard InChI is InChI=1S/C15H15ClFNO3/c1-2-20-15(19)13(18)8-10-4-6-14(21-10)9-3-5-12(17)11(16)7-9/h3-7,13H,2,8,18H2,1H3. The first kappa shape index (κ1) is 15.5. The molecule has 1 aromatic carbocycles. The van der Waals surface area contributed by atoms with E-state index < -0.39 is 17.8 Å². The lowest BCUT2D eigenvalue weighted by atomic mass is 10.1. The second-order valence-corrected chi connectivity index (χ2v) is 4.86. The van der Waals surface area contributed by atoms with Crippen LogP contribution in [0.1, 0.15) is 12.7 Å². The smallest absolute Gasteiger partial charge is 0.323 e. The molecule has 0 amide bonds. The average Bonchev–Trinajstić information content (AvgIpc) is 2.90. The average molecular weight is 312 g/mol. The SMILES string of the molecule is CCOC(=O)C(N)Cc1ccc(-c2ccc(F)c(Cl)c2)o1. The van der Waals surface area contributed by atoms with Crippen molar-refractivity contribution >= 4 is 17.6 Å². The minimum atomic E-state index is -0.777. The Balaban J connectivity index is 2.10. The molecule has 2 rings (SSSR count). The van der Waals surface area contributed by atoms with E-state index in [0.717, 1.165) is 0 Å². The molecular weight excluding hydrogens is 297 g/mol. The third kappa shape index (κ3) is 3.83. The fourth-order valence-corrected chi connectivity index (χ4v) is 2.02. The van der Waals surface area contributed by atoms with Crippen LogP contribution in [0.2, 0.25) is 5.02 Å². The zero-order valence-corrected chi connectivity index (χ0v) is 12.2. The van der Waals surface area contributed by atoms with E-state index in [-0.39, 0.29) is 18.1 Å². The molecule has 2 aromatic rings. The van der Waals surface area contributed by atoms with Crippen molar-refractivity contribution in [3.05, 3.63) is 46.9 Å². The van der Waals surface area contributed by atoms with E-state index in [1.54, 1.807) is 25.1 Å². The van der Waals surface area contributed by atoms with Crippen LogP contribution in [0.15, 0.2) is 34.7 Å². The number of nitrogens with two attached hydrogens (primary N) is 1. The summed E-state index contributed by atoms with van der Waals surface area (Å²) >= 11 is 5.73. The molecule has 0 radical (unpaired) electrons. The van der Waals surface area contributed by atoms with Gasteiger partial charge >= 0.3 is 5.97 Å². The number of hydrogen-bond acceptors (Lipinski definition) is 4. The summed E-state index contributed by atoms with van der Waals surface area (Å²) in [6, 6.07) is 6.97. The van der Waals surface area contributed by atoms with Crippen LogP contribution < -0.4 is 5.73 Å². The Bertz CT molecular complexity index is 642. The van der Waals surface area contributed by atoms with Gasteiger partial charge in [-0.25, -0.2) is 4.39 Å². The molecule has 1 aromatic heterocycles. The predicted molar refractivity (Wildman–Crippen MR) is 77.4 cm³/mol. The van der Waals surface area contributed by atoms with Crippen LogP contribution >= 0.6 is 11.6 Å². The van der Waals surface area contributed by atoms with Crippen LogP contribution in [0, 0.1) is 5.82 Å². The molecule has 0 fully saturated rings. The molecule has 0 saturated heterocycles. The van der Waals surface area contributed by atoms with Crippen LogP contribution in [-0.4, -0.2) is 18.6 Å². The van der Waals surface area contributed by atoms with E-state index in [4.69, 9.17) is 26.5 Å². The van der Waals surface area contributed by atoms with E-state index in [1.807, 2.05) is 0 Å². The van der Waals surface area contributed by atoms with Gasteiger partial charge in [0.05, 0.1) is 11.6 Å². The molecule has 0 spiro atoms. The molecule has 0 aliphatic heterocycles. The maximum absolute atomic E-state index is 13.1. The van der Waals surface area contributed by atoms with Crippen molar-refractivity contribution in [3.8, 4) is 11.3 Å². The fourth-order valence-electron chi connectivity index (χ4n) is 1.84. The zero-order valence-electron chi connectivity index (χ0n) is 11.4. The number of carbonyl (C=O) groups excluding carboxylic acids is 1.